The van der Waals surface area contributed by atoms with Crippen molar-refractivity contribution in [2.24, 2.45) is 0 Å². The summed E-state index contributed by atoms with van der Waals surface area (Å²) in [6, 6.07) is 12.7. The van der Waals surface area contributed by atoms with E-state index < -0.39 is 8.24 Å². The summed E-state index contributed by atoms with van der Waals surface area (Å²) in [4.78, 5) is 6.84. The van der Waals surface area contributed by atoms with Gasteiger partial charge < -0.3 is 9.13 Å². The molecule has 0 fully saturated rings. The molecule has 1 aromatic carbocycles. The molecule has 28 heavy (non-hydrogen) atoms. The van der Waals surface area contributed by atoms with Crippen LogP contribution in [-0.2, 0) is 0 Å². The zero-order valence-corrected chi connectivity index (χ0v) is 20.3. The normalized spacial score (nSPS) is 12.0. The molecule has 0 aliphatic heterocycles. The highest BCUT2D eigenvalue weighted by Crippen LogP contribution is 2.39. The number of rotatable bonds is 2. The van der Waals surface area contributed by atoms with Gasteiger partial charge in [-0.1, -0.05) is 39.8 Å². The fraction of sp³-hybridized carbons (Fsp3) is 0.348. The van der Waals surface area contributed by atoms with Gasteiger partial charge >= 0.3 is 0 Å². The topological polar surface area (TPSA) is 21.1 Å². The van der Waals surface area contributed by atoms with Crippen LogP contribution >= 0.6 is 15.9 Å². The van der Waals surface area contributed by atoms with Crippen LogP contribution in [0.3, 0.4) is 0 Å². The maximum absolute atomic E-state index is 4.74. The van der Waals surface area contributed by atoms with E-state index in [2.05, 4.69) is 107 Å². The third kappa shape index (κ3) is 3.90. The first-order valence-electron chi connectivity index (χ1n) is 9.47. The molecule has 0 unspecified atom stereocenters. The van der Waals surface area contributed by atoms with Crippen LogP contribution in [0.15, 0.2) is 47.1 Å². The van der Waals surface area contributed by atoms with Crippen LogP contribution in [0, 0.1) is 11.8 Å². The Kier molecular flexibility index (Phi) is 5.48. The van der Waals surface area contributed by atoms with E-state index in [4.69, 9.17) is 4.98 Å². The minimum absolute atomic E-state index is 0.178. The second-order valence-corrected chi connectivity index (χ2v) is 14.9. The largest absolute Gasteiger partial charge is 0.378 e. The Morgan fingerprint density at radius 1 is 1.04 bits per heavy atom. The highest BCUT2D eigenvalue weighted by atomic mass is 79.9. The van der Waals surface area contributed by atoms with Crippen molar-refractivity contribution in [3.8, 4) is 11.8 Å². The number of hydrogen-bond acceptors (Lipinski definition) is 2. The Balaban J connectivity index is 2.15. The summed E-state index contributed by atoms with van der Waals surface area (Å²) in [6.45, 7) is 11.8. The molecule has 0 bridgehead atoms. The molecule has 146 valence electrons. The van der Waals surface area contributed by atoms with Gasteiger partial charge in [-0.15, -0.1) is 0 Å². The Hall–Kier alpha value is -2.03. The van der Waals surface area contributed by atoms with Crippen molar-refractivity contribution in [1.29, 1.82) is 0 Å². The summed E-state index contributed by atoms with van der Waals surface area (Å²) < 4.78 is 3.42. The lowest BCUT2D eigenvalue weighted by molar-refractivity contribution is 0.701. The van der Waals surface area contributed by atoms with Crippen molar-refractivity contribution in [3.63, 3.8) is 0 Å². The summed E-state index contributed by atoms with van der Waals surface area (Å²) in [6.07, 6.45) is 1.88. The number of hydrogen-bond donors (Lipinski definition) is 0. The molecular formula is C23H28BrN3Si. The van der Waals surface area contributed by atoms with Gasteiger partial charge in [-0.05, 0) is 63.3 Å². The first-order chi connectivity index (χ1) is 13.0. The van der Waals surface area contributed by atoms with Gasteiger partial charge in [0.25, 0.3) is 0 Å². The third-order valence-corrected chi connectivity index (χ3v) is 11.4. The molecule has 2 heterocycles. The fourth-order valence-electron chi connectivity index (χ4n) is 3.04. The van der Waals surface area contributed by atoms with E-state index in [1.54, 1.807) is 0 Å². The second kappa shape index (κ2) is 7.42. The molecular weight excluding hydrogens is 426 g/mol. The fourth-order valence-corrected chi connectivity index (χ4v) is 5.50. The van der Waals surface area contributed by atoms with Gasteiger partial charge in [-0.25, -0.2) is 4.98 Å². The molecule has 0 spiro atoms. The first-order valence-corrected chi connectivity index (χ1v) is 13.2. The Bertz CT molecular complexity index is 1060. The van der Waals surface area contributed by atoms with E-state index in [-0.39, 0.29) is 5.04 Å². The second-order valence-electron chi connectivity index (χ2n) is 8.93. The van der Waals surface area contributed by atoms with E-state index in [1.165, 1.54) is 5.69 Å². The van der Waals surface area contributed by atoms with Crippen LogP contribution in [0.1, 0.15) is 32.0 Å². The Morgan fingerprint density at radius 3 is 2.25 bits per heavy atom. The number of nitrogens with zero attached hydrogens (tertiary/aromatic N) is 3. The maximum Gasteiger partial charge on any atom is 0.164 e. The van der Waals surface area contributed by atoms with Crippen molar-refractivity contribution in [1.82, 2.24) is 9.22 Å². The van der Waals surface area contributed by atoms with Crippen LogP contribution in [0.5, 0.6) is 0 Å². The van der Waals surface area contributed by atoms with E-state index in [0.717, 1.165) is 26.8 Å². The number of halogens is 1. The lowest BCUT2D eigenvalue weighted by Crippen LogP contribution is -2.46. The van der Waals surface area contributed by atoms with Crippen LogP contribution in [0.4, 0.5) is 5.69 Å². The lowest BCUT2D eigenvalue weighted by Gasteiger charge is -2.38. The van der Waals surface area contributed by atoms with E-state index in [9.17, 15) is 0 Å². The van der Waals surface area contributed by atoms with Gasteiger partial charge in [0.1, 0.15) is 5.65 Å². The standard InChI is InChI=1S/C23H28BrN3Si/c1-23(2,3)28(6,7)27-21(15-18-14-19(24)16-25-22(18)27)13-10-17-8-11-20(12-9-17)26(4)5/h8-9,11-12,14-16H,1-7H3. The summed E-state index contributed by atoms with van der Waals surface area (Å²) in [7, 11) is 2.20. The first kappa shape index (κ1) is 20.7. The van der Waals surface area contributed by atoms with Crippen LogP contribution in [-0.4, -0.2) is 31.5 Å². The summed E-state index contributed by atoms with van der Waals surface area (Å²) in [5.74, 6) is 6.80. The predicted molar refractivity (Wildman–Crippen MR) is 127 cm³/mol. The van der Waals surface area contributed by atoms with E-state index in [1.807, 2.05) is 20.3 Å². The number of anilines is 1. The maximum atomic E-state index is 4.74. The number of aromatic nitrogens is 2. The van der Waals surface area contributed by atoms with Crippen LogP contribution in [0.2, 0.25) is 18.1 Å². The molecule has 0 saturated carbocycles. The SMILES string of the molecule is CN(C)c1ccc(C#Cc2cc3cc(Br)cnc3n2[Si](C)(C)C(C)(C)C)cc1. The van der Waals surface area contributed by atoms with Crippen LogP contribution in [0.25, 0.3) is 11.0 Å². The minimum Gasteiger partial charge on any atom is -0.378 e. The monoisotopic (exact) mass is 453 g/mol. The highest BCUT2D eigenvalue weighted by molar-refractivity contribution is 9.10. The molecule has 5 heteroatoms. The molecule has 3 aromatic rings. The average molecular weight is 454 g/mol. The molecule has 0 N–H and O–H groups in total. The van der Waals surface area contributed by atoms with Crippen molar-refractivity contribution in [3.05, 3.63) is 58.3 Å². The molecule has 0 aliphatic rings. The summed E-state index contributed by atoms with van der Waals surface area (Å²) >= 11 is 3.55. The molecule has 0 radical (unpaired) electrons. The van der Waals surface area contributed by atoms with Crippen molar-refractivity contribution < 1.29 is 0 Å². The average Bonchev–Trinajstić information content (AvgIpc) is 2.97. The van der Waals surface area contributed by atoms with Gasteiger partial charge in [0.2, 0.25) is 0 Å². The van der Waals surface area contributed by atoms with Gasteiger partial charge in [-0.2, -0.15) is 0 Å². The highest BCUT2D eigenvalue weighted by Gasteiger charge is 2.39. The van der Waals surface area contributed by atoms with E-state index >= 15 is 0 Å². The quantitative estimate of drug-likeness (QED) is 0.344. The predicted octanol–water partition coefficient (Wildman–Crippen LogP) is 6.12. The smallest absolute Gasteiger partial charge is 0.164 e. The summed E-state index contributed by atoms with van der Waals surface area (Å²) in [5, 5.41) is 1.31. The van der Waals surface area contributed by atoms with Gasteiger partial charge in [0, 0.05) is 41.4 Å². The number of fused-ring (bicyclic) bond motifs is 1. The van der Waals surface area contributed by atoms with E-state index in [0.29, 0.717) is 0 Å². The van der Waals surface area contributed by atoms with Crippen molar-refractivity contribution in [2.75, 3.05) is 19.0 Å². The molecule has 0 atom stereocenters. The molecule has 0 aliphatic carbocycles. The molecule has 3 nitrogen and oxygen atoms in total. The van der Waals surface area contributed by atoms with Gasteiger partial charge in [0.05, 0.1) is 5.69 Å². The van der Waals surface area contributed by atoms with Gasteiger partial charge in [0.15, 0.2) is 8.24 Å². The van der Waals surface area contributed by atoms with Crippen molar-refractivity contribution >= 4 is 40.9 Å². The molecule has 0 saturated heterocycles. The minimum atomic E-state index is -1.89. The number of benzene rings is 1. The van der Waals surface area contributed by atoms with Crippen molar-refractivity contribution in [2.45, 2.75) is 38.9 Å². The molecule has 2 aromatic heterocycles. The Morgan fingerprint density at radius 2 is 1.68 bits per heavy atom. The Labute approximate surface area is 178 Å². The molecule has 3 rings (SSSR count). The number of pyridine rings is 1. The third-order valence-electron chi connectivity index (χ3n) is 5.72. The summed E-state index contributed by atoms with van der Waals surface area (Å²) in [5.41, 5.74) is 4.27. The zero-order chi connectivity index (χ0) is 20.7. The van der Waals surface area contributed by atoms with Gasteiger partial charge in [-0.3, -0.25) is 0 Å². The van der Waals surface area contributed by atoms with Crippen LogP contribution < -0.4 is 4.90 Å². The molecule has 0 amide bonds. The lowest BCUT2D eigenvalue weighted by atomic mass is 10.2. The zero-order valence-electron chi connectivity index (χ0n) is 17.8.